The van der Waals surface area contributed by atoms with Crippen LogP contribution < -0.4 is 0 Å². The topological polar surface area (TPSA) is 18.5 Å². The molecule has 1 aliphatic carbocycles. The highest BCUT2D eigenvalue weighted by atomic mass is 28.4. The zero-order chi connectivity index (χ0) is 12.3. The molecule has 1 fully saturated rings. The van der Waals surface area contributed by atoms with Crippen molar-refractivity contribution in [3.8, 4) is 0 Å². The molecule has 0 aromatic carbocycles. The summed E-state index contributed by atoms with van der Waals surface area (Å²) in [5.41, 5.74) is 1.34. The number of hydrogen-bond acceptors (Lipinski definition) is 2. The molecule has 1 rings (SSSR count). The Hall–Kier alpha value is 0.137. The number of hydrogen-bond donors (Lipinski definition) is 0. The molecular formula is C13H28O2Si. The summed E-state index contributed by atoms with van der Waals surface area (Å²) >= 11 is 0. The van der Waals surface area contributed by atoms with Crippen LogP contribution in [0.15, 0.2) is 0 Å². The Kier molecular flexibility index (Phi) is 5.01. The SMILES string of the molecule is CCC(C)[Si](OC(C)C)(OC(C)C)C1CC1. The van der Waals surface area contributed by atoms with Crippen molar-refractivity contribution in [2.24, 2.45) is 0 Å². The highest BCUT2D eigenvalue weighted by Crippen LogP contribution is 2.52. The second-order valence-electron chi connectivity index (χ2n) is 5.64. The summed E-state index contributed by atoms with van der Waals surface area (Å²) in [6.07, 6.45) is 4.38. The predicted molar refractivity (Wildman–Crippen MR) is 70.9 cm³/mol. The van der Waals surface area contributed by atoms with E-state index in [1.54, 1.807) is 0 Å². The third-order valence-electron chi connectivity index (χ3n) is 3.29. The molecule has 1 unspecified atom stereocenters. The molecule has 0 saturated heterocycles. The normalized spacial score (nSPS) is 19.5. The molecule has 96 valence electrons. The summed E-state index contributed by atoms with van der Waals surface area (Å²) in [5, 5.41) is 0. The predicted octanol–water partition coefficient (Wildman–Crippen LogP) is 4.24. The minimum atomic E-state index is -1.99. The van der Waals surface area contributed by atoms with E-state index in [0.717, 1.165) is 5.54 Å². The van der Waals surface area contributed by atoms with Crippen LogP contribution >= 0.6 is 0 Å². The lowest BCUT2D eigenvalue weighted by molar-refractivity contribution is 0.0954. The van der Waals surface area contributed by atoms with Crippen LogP contribution in [0, 0.1) is 0 Å². The van der Waals surface area contributed by atoms with Crippen molar-refractivity contribution in [1.82, 2.24) is 0 Å². The summed E-state index contributed by atoms with van der Waals surface area (Å²) in [4.78, 5) is 0. The zero-order valence-electron chi connectivity index (χ0n) is 11.7. The smallest absolute Gasteiger partial charge is 0.344 e. The van der Waals surface area contributed by atoms with Crippen molar-refractivity contribution in [1.29, 1.82) is 0 Å². The summed E-state index contributed by atoms with van der Waals surface area (Å²) in [6.45, 7) is 13.1. The van der Waals surface area contributed by atoms with Gasteiger partial charge in [-0.25, -0.2) is 0 Å². The van der Waals surface area contributed by atoms with E-state index in [-0.39, 0.29) is 0 Å². The van der Waals surface area contributed by atoms with E-state index < -0.39 is 8.56 Å². The minimum Gasteiger partial charge on any atom is -0.391 e. The fraction of sp³-hybridized carbons (Fsp3) is 1.00. The first kappa shape index (κ1) is 14.2. The molecular weight excluding hydrogens is 216 g/mol. The molecule has 0 aromatic heterocycles. The van der Waals surface area contributed by atoms with Gasteiger partial charge in [0.25, 0.3) is 0 Å². The Labute approximate surface area is 102 Å². The first-order chi connectivity index (χ1) is 7.42. The van der Waals surface area contributed by atoms with Gasteiger partial charge in [-0.15, -0.1) is 0 Å². The first-order valence-corrected chi connectivity index (χ1v) is 8.75. The van der Waals surface area contributed by atoms with Crippen LogP contribution in [0.25, 0.3) is 0 Å². The van der Waals surface area contributed by atoms with Crippen LogP contribution in [0.3, 0.4) is 0 Å². The molecule has 1 aliphatic rings. The maximum atomic E-state index is 6.34. The van der Waals surface area contributed by atoms with Crippen molar-refractivity contribution >= 4 is 8.56 Å². The van der Waals surface area contributed by atoms with E-state index in [0.29, 0.717) is 17.7 Å². The monoisotopic (exact) mass is 244 g/mol. The van der Waals surface area contributed by atoms with Crippen LogP contribution in [0.1, 0.15) is 60.8 Å². The Morgan fingerprint density at radius 3 is 1.69 bits per heavy atom. The highest BCUT2D eigenvalue weighted by Gasteiger charge is 2.56. The van der Waals surface area contributed by atoms with Gasteiger partial charge in [0.2, 0.25) is 0 Å². The fourth-order valence-electron chi connectivity index (χ4n) is 2.36. The van der Waals surface area contributed by atoms with E-state index in [9.17, 15) is 0 Å². The second kappa shape index (κ2) is 5.65. The first-order valence-electron chi connectivity index (χ1n) is 6.78. The van der Waals surface area contributed by atoms with Gasteiger partial charge >= 0.3 is 8.56 Å². The zero-order valence-corrected chi connectivity index (χ0v) is 12.7. The Morgan fingerprint density at radius 1 is 1.00 bits per heavy atom. The molecule has 16 heavy (non-hydrogen) atoms. The van der Waals surface area contributed by atoms with Crippen molar-refractivity contribution in [3.05, 3.63) is 0 Å². The van der Waals surface area contributed by atoms with Crippen LogP contribution in [-0.4, -0.2) is 20.8 Å². The molecule has 0 aromatic rings. The van der Waals surface area contributed by atoms with Crippen LogP contribution in [0.2, 0.25) is 11.1 Å². The van der Waals surface area contributed by atoms with Crippen molar-refractivity contribution in [2.75, 3.05) is 0 Å². The standard InChI is InChI=1S/C13H28O2Si/c1-7-12(6)16(13-8-9-13,14-10(2)3)15-11(4)5/h10-13H,7-9H2,1-6H3. The Bertz CT molecular complexity index is 202. The molecule has 0 amide bonds. The van der Waals surface area contributed by atoms with E-state index in [2.05, 4.69) is 41.5 Å². The summed E-state index contributed by atoms with van der Waals surface area (Å²) in [5.74, 6) is 0. The maximum Gasteiger partial charge on any atom is 0.344 e. The van der Waals surface area contributed by atoms with Crippen LogP contribution in [0.4, 0.5) is 0 Å². The largest absolute Gasteiger partial charge is 0.391 e. The summed E-state index contributed by atoms with van der Waals surface area (Å²) < 4.78 is 12.7. The fourth-order valence-corrected chi connectivity index (χ4v) is 7.09. The van der Waals surface area contributed by atoms with Gasteiger partial charge < -0.3 is 8.85 Å². The average Bonchev–Trinajstić information content (AvgIpc) is 2.96. The quantitative estimate of drug-likeness (QED) is 0.624. The molecule has 3 heteroatoms. The van der Waals surface area contributed by atoms with Gasteiger partial charge in [0, 0.05) is 17.7 Å². The number of rotatable bonds is 7. The van der Waals surface area contributed by atoms with E-state index in [1.165, 1.54) is 19.3 Å². The Morgan fingerprint density at radius 2 is 1.44 bits per heavy atom. The molecule has 0 heterocycles. The van der Waals surface area contributed by atoms with Crippen LogP contribution in [-0.2, 0) is 8.85 Å². The second-order valence-corrected chi connectivity index (χ2v) is 9.35. The molecule has 2 nitrogen and oxygen atoms in total. The van der Waals surface area contributed by atoms with Gasteiger partial charge in [-0.3, -0.25) is 0 Å². The molecule has 1 atom stereocenters. The van der Waals surface area contributed by atoms with E-state index in [1.807, 2.05) is 0 Å². The minimum absolute atomic E-state index is 0.292. The lowest BCUT2D eigenvalue weighted by Gasteiger charge is -2.38. The van der Waals surface area contributed by atoms with Crippen molar-refractivity contribution in [3.63, 3.8) is 0 Å². The maximum absolute atomic E-state index is 6.34. The molecule has 0 N–H and O–H groups in total. The van der Waals surface area contributed by atoms with Gasteiger partial charge in [-0.2, -0.15) is 0 Å². The molecule has 0 bridgehead atoms. The van der Waals surface area contributed by atoms with Gasteiger partial charge in [0.05, 0.1) is 0 Å². The lowest BCUT2D eigenvalue weighted by atomic mass is 10.4. The van der Waals surface area contributed by atoms with Gasteiger partial charge in [-0.05, 0) is 46.1 Å². The molecule has 0 spiro atoms. The third-order valence-corrected chi connectivity index (χ3v) is 8.46. The average molecular weight is 244 g/mol. The molecule has 1 saturated carbocycles. The summed E-state index contributed by atoms with van der Waals surface area (Å²) in [7, 11) is -1.99. The Balaban J connectivity index is 2.84. The van der Waals surface area contributed by atoms with Crippen LogP contribution in [0.5, 0.6) is 0 Å². The lowest BCUT2D eigenvalue weighted by Crippen LogP contribution is -2.50. The van der Waals surface area contributed by atoms with Gasteiger partial charge in [-0.1, -0.05) is 20.3 Å². The van der Waals surface area contributed by atoms with Gasteiger partial charge in [0.15, 0.2) is 0 Å². The third kappa shape index (κ3) is 3.31. The van der Waals surface area contributed by atoms with E-state index in [4.69, 9.17) is 8.85 Å². The molecule has 0 aliphatic heterocycles. The molecule has 0 radical (unpaired) electrons. The van der Waals surface area contributed by atoms with Gasteiger partial charge in [0.1, 0.15) is 0 Å². The van der Waals surface area contributed by atoms with Crippen molar-refractivity contribution in [2.45, 2.75) is 84.1 Å². The summed E-state index contributed by atoms with van der Waals surface area (Å²) in [6, 6.07) is 0. The highest BCUT2D eigenvalue weighted by molar-refractivity contribution is 6.71. The van der Waals surface area contributed by atoms with E-state index >= 15 is 0 Å². The van der Waals surface area contributed by atoms with Crippen molar-refractivity contribution < 1.29 is 8.85 Å².